The SMILES string of the molecule is COc1c(C)cccc1C(C)(CC(O)CO)CC(F)(F)F. The molecule has 0 radical (unpaired) electrons. The summed E-state index contributed by atoms with van der Waals surface area (Å²) in [7, 11) is 1.41. The molecule has 0 aliphatic rings. The average molecular weight is 306 g/mol. The van der Waals surface area contributed by atoms with Gasteiger partial charge in [-0.15, -0.1) is 0 Å². The monoisotopic (exact) mass is 306 g/mol. The van der Waals surface area contributed by atoms with E-state index in [2.05, 4.69) is 0 Å². The molecule has 0 amide bonds. The number of aryl methyl sites for hydroxylation is 1. The standard InChI is InChI=1S/C15H21F3O3/c1-10-5-4-6-12(13(10)21-3)14(2,7-11(20)8-19)9-15(16,17)18/h4-6,11,19-20H,7-9H2,1-3H3. The number of hydrogen-bond acceptors (Lipinski definition) is 3. The summed E-state index contributed by atoms with van der Waals surface area (Å²) < 4.78 is 44.1. The van der Waals surface area contributed by atoms with Crippen LogP contribution >= 0.6 is 0 Å². The number of alkyl halides is 3. The highest BCUT2D eigenvalue weighted by Crippen LogP contribution is 2.44. The van der Waals surface area contributed by atoms with E-state index < -0.39 is 30.7 Å². The second-order valence-electron chi connectivity index (χ2n) is 5.55. The fraction of sp³-hybridized carbons (Fsp3) is 0.600. The van der Waals surface area contributed by atoms with Crippen molar-refractivity contribution >= 4 is 0 Å². The molecule has 1 aromatic rings. The molecule has 0 bridgehead atoms. The molecule has 2 N–H and O–H groups in total. The Labute approximate surface area is 122 Å². The summed E-state index contributed by atoms with van der Waals surface area (Å²) >= 11 is 0. The summed E-state index contributed by atoms with van der Waals surface area (Å²) in [6.45, 7) is 2.59. The van der Waals surface area contributed by atoms with Gasteiger partial charge in [-0.2, -0.15) is 13.2 Å². The number of aliphatic hydroxyl groups is 2. The van der Waals surface area contributed by atoms with Crippen LogP contribution in [0.4, 0.5) is 13.2 Å². The van der Waals surface area contributed by atoms with Crippen LogP contribution in [0, 0.1) is 6.92 Å². The predicted molar refractivity (Wildman–Crippen MR) is 73.5 cm³/mol. The zero-order chi connectivity index (χ0) is 16.3. The number of hydrogen-bond donors (Lipinski definition) is 2. The van der Waals surface area contributed by atoms with Crippen molar-refractivity contribution in [3.63, 3.8) is 0 Å². The van der Waals surface area contributed by atoms with Gasteiger partial charge in [0, 0.05) is 11.0 Å². The number of methoxy groups -OCH3 is 1. The minimum absolute atomic E-state index is 0.206. The first-order valence-corrected chi connectivity index (χ1v) is 6.62. The van der Waals surface area contributed by atoms with Crippen molar-refractivity contribution in [2.75, 3.05) is 13.7 Å². The molecule has 0 aliphatic carbocycles. The summed E-state index contributed by atoms with van der Waals surface area (Å²) in [4.78, 5) is 0. The van der Waals surface area contributed by atoms with E-state index in [9.17, 15) is 18.3 Å². The number of aliphatic hydroxyl groups excluding tert-OH is 2. The number of benzene rings is 1. The molecule has 0 fully saturated rings. The van der Waals surface area contributed by atoms with Gasteiger partial charge in [-0.05, 0) is 18.9 Å². The van der Waals surface area contributed by atoms with Gasteiger partial charge in [-0.25, -0.2) is 0 Å². The highest BCUT2D eigenvalue weighted by Gasteiger charge is 2.43. The van der Waals surface area contributed by atoms with E-state index in [1.54, 1.807) is 25.1 Å². The van der Waals surface area contributed by atoms with Crippen molar-refractivity contribution in [3.8, 4) is 5.75 Å². The molecule has 0 saturated heterocycles. The van der Waals surface area contributed by atoms with Crippen LogP contribution in [0.25, 0.3) is 0 Å². The van der Waals surface area contributed by atoms with E-state index >= 15 is 0 Å². The molecule has 0 heterocycles. The Morgan fingerprint density at radius 2 is 1.90 bits per heavy atom. The van der Waals surface area contributed by atoms with Crippen LogP contribution in [0.15, 0.2) is 18.2 Å². The van der Waals surface area contributed by atoms with Crippen LogP contribution in [-0.4, -0.2) is 36.2 Å². The summed E-state index contributed by atoms with van der Waals surface area (Å²) in [5.41, 5.74) is -0.269. The van der Waals surface area contributed by atoms with Gasteiger partial charge in [0.2, 0.25) is 0 Å². The molecule has 1 aromatic carbocycles. The topological polar surface area (TPSA) is 49.7 Å². The Bertz CT molecular complexity index is 474. The Morgan fingerprint density at radius 1 is 1.29 bits per heavy atom. The van der Waals surface area contributed by atoms with Gasteiger partial charge in [0.25, 0.3) is 0 Å². The maximum atomic E-state index is 12.9. The van der Waals surface area contributed by atoms with Crippen LogP contribution in [0.2, 0.25) is 0 Å². The average Bonchev–Trinajstić information content (AvgIpc) is 2.35. The minimum Gasteiger partial charge on any atom is -0.496 e. The number of halogens is 3. The van der Waals surface area contributed by atoms with Crippen molar-refractivity contribution < 1.29 is 28.1 Å². The lowest BCUT2D eigenvalue weighted by molar-refractivity contribution is -0.150. The lowest BCUT2D eigenvalue weighted by Crippen LogP contribution is -2.35. The molecular formula is C15H21F3O3. The minimum atomic E-state index is -4.39. The van der Waals surface area contributed by atoms with Crippen molar-refractivity contribution in [3.05, 3.63) is 29.3 Å². The molecule has 120 valence electrons. The first kappa shape index (κ1) is 17.8. The lowest BCUT2D eigenvalue weighted by Gasteiger charge is -2.34. The Morgan fingerprint density at radius 3 is 2.38 bits per heavy atom. The Kier molecular flexibility index (Phi) is 5.64. The third kappa shape index (κ3) is 4.61. The maximum absolute atomic E-state index is 12.9. The van der Waals surface area contributed by atoms with Gasteiger partial charge in [0.1, 0.15) is 5.75 Å². The second-order valence-corrected chi connectivity index (χ2v) is 5.55. The molecule has 2 atom stereocenters. The van der Waals surface area contributed by atoms with Gasteiger partial charge in [-0.3, -0.25) is 0 Å². The summed E-state index contributed by atoms with van der Waals surface area (Å²) in [6.07, 6.45) is -6.92. The largest absolute Gasteiger partial charge is 0.496 e. The van der Waals surface area contributed by atoms with Crippen LogP contribution in [0.3, 0.4) is 0 Å². The van der Waals surface area contributed by atoms with Gasteiger partial charge in [0.05, 0.1) is 26.2 Å². The van der Waals surface area contributed by atoms with Crippen molar-refractivity contribution in [1.29, 1.82) is 0 Å². The van der Waals surface area contributed by atoms with E-state index in [4.69, 9.17) is 9.84 Å². The number of rotatable bonds is 6. The number of para-hydroxylation sites is 1. The van der Waals surface area contributed by atoms with E-state index in [-0.39, 0.29) is 6.42 Å². The predicted octanol–water partition coefficient (Wildman–Crippen LogP) is 2.96. The third-order valence-electron chi connectivity index (χ3n) is 3.55. The molecule has 0 aliphatic heterocycles. The van der Waals surface area contributed by atoms with E-state index in [0.29, 0.717) is 11.3 Å². The van der Waals surface area contributed by atoms with Gasteiger partial charge >= 0.3 is 6.18 Å². The van der Waals surface area contributed by atoms with Crippen molar-refractivity contribution in [1.82, 2.24) is 0 Å². The maximum Gasteiger partial charge on any atom is 0.389 e. The highest BCUT2D eigenvalue weighted by atomic mass is 19.4. The summed E-state index contributed by atoms with van der Waals surface area (Å²) in [6, 6.07) is 4.98. The first-order chi connectivity index (χ1) is 9.63. The zero-order valence-corrected chi connectivity index (χ0v) is 12.4. The number of ether oxygens (including phenoxy) is 1. The van der Waals surface area contributed by atoms with E-state index in [1.165, 1.54) is 14.0 Å². The molecule has 2 unspecified atom stereocenters. The smallest absolute Gasteiger partial charge is 0.389 e. The van der Waals surface area contributed by atoms with E-state index in [1.807, 2.05) is 0 Å². The van der Waals surface area contributed by atoms with E-state index in [0.717, 1.165) is 5.56 Å². The zero-order valence-electron chi connectivity index (χ0n) is 12.4. The summed E-state index contributed by atoms with van der Waals surface area (Å²) in [5, 5.41) is 18.6. The third-order valence-corrected chi connectivity index (χ3v) is 3.55. The quantitative estimate of drug-likeness (QED) is 0.849. The normalized spacial score (nSPS) is 16.4. The molecule has 0 saturated carbocycles. The van der Waals surface area contributed by atoms with Gasteiger partial charge < -0.3 is 14.9 Å². The Hall–Kier alpha value is -1.27. The molecule has 6 heteroatoms. The van der Waals surface area contributed by atoms with Gasteiger partial charge in [-0.1, -0.05) is 25.1 Å². The van der Waals surface area contributed by atoms with Crippen molar-refractivity contribution in [2.45, 2.75) is 44.4 Å². The lowest BCUT2D eigenvalue weighted by atomic mass is 9.74. The molecule has 0 spiro atoms. The fourth-order valence-electron chi connectivity index (χ4n) is 2.70. The molecule has 3 nitrogen and oxygen atoms in total. The fourth-order valence-corrected chi connectivity index (χ4v) is 2.70. The van der Waals surface area contributed by atoms with Crippen LogP contribution < -0.4 is 4.74 Å². The molecular weight excluding hydrogens is 285 g/mol. The summed E-state index contributed by atoms with van der Waals surface area (Å²) in [5.74, 6) is 0.384. The van der Waals surface area contributed by atoms with Crippen LogP contribution in [0.1, 0.15) is 30.9 Å². The van der Waals surface area contributed by atoms with Crippen LogP contribution in [0.5, 0.6) is 5.75 Å². The molecule has 21 heavy (non-hydrogen) atoms. The first-order valence-electron chi connectivity index (χ1n) is 6.62. The van der Waals surface area contributed by atoms with Crippen LogP contribution in [-0.2, 0) is 5.41 Å². The Balaban J connectivity index is 3.33. The second kappa shape index (κ2) is 6.66. The van der Waals surface area contributed by atoms with Gasteiger partial charge in [0.15, 0.2) is 0 Å². The van der Waals surface area contributed by atoms with Crippen molar-refractivity contribution in [2.24, 2.45) is 0 Å². The molecule has 1 rings (SSSR count). The molecule has 0 aromatic heterocycles. The highest BCUT2D eigenvalue weighted by molar-refractivity contribution is 5.45.